The maximum Gasteiger partial charge on any atom is 0.240 e. The molecule has 2 aliphatic rings. The van der Waals surface area contributed by atoms with Gasteiger partial charge >= 0.3 is 0 Å². The van der Waals surface area contributed by atoms with E-state index in [0.717, 1.165) is 51.0 Å². The molecule has 1 aromatic carbocycles. The van der Waals surface area contributed by atoms with Crippen molar-refractivity contribution in [1.29, 1.82) is 0 Å². The Bertz CT molecular complexity index is 573. The number of nitrogens with zero attached hydrogens (tertiary/aromatic N) is 1. The zero-order valence-corrected chi connectivity index (χ0v) is 13.0. The van der Waals surface area contributed by atoms with Crippen molar-refractivity contribution in [3.8, 4) is 0 Å². The summed E-state index contributed by atoms with van der Waals surface area (Å²) < 4.78 is 26.9. The number of nitrogens with one attached hydrogen (secondary N) is 1. The molecule has 0 unspecified atom stereocenters. The van der Waals surface area contributed by atoms with Gasteiger partial charge in [-0.3, -0.25) is 0 Å². The van der Waals surface area contributed by atoms with Gasteiger partial charge in [-0.05, 0) is 62.4 Å². The predicted molar refractivity (Wildman–Crippen MR) is 83.8 cm³/mol. The van der Waals surface area contributed by atoms with Crippen LogP contribution in [0.1, 0.15) is 25.7 Å². The third kappa shape index (κ3) is 3.56. The van der Waals surface area contributed by atoms with E-state index in [4.69, 9.17) is 5.73 Å². The number of nitrogens with two attached hydrogens (primary N) is 1. The Labute approximate surface area is 126 Å². The van der Waals surface area contributed by atoms with Crippen LogP contribution in [0.15, 0.2) is 29.2 Å². The molecule has 1 aliphatic heterocycles. The fourth-order valence-electron chi connectivity index (χ4n) is 2.75. The SMILES string of the molecule is NCC1CCN(c2ccc(S(=O)(=O)NC3CC3)cc2)CC1. The lowest BCUT2D eigenvalue weighted by atomic mass is 9.97. The fourth-order valence-corrected chi connectivity index (χ4v) is 4.06. The van der Waals surface area contributed by atoms with Gasteiger partial charge in [-0.25, -0.2) is 13.1 Å². The summed E-state index contributed by atoms with van der Waals surface area (Å²) in [6, 6.07) is 7.36. The Morgan fingerprint density at radius 2 is 1.71 bits per heavy atom. The van der Waals surface area contributed by atoms with Gasteiger partial charge in [0.25, 0.3) is 0 Å². The van der Waals surface area contributed by atoms with Crippen molar-refractivity contribution in [2.75, 3.05) is 24.5 Å². The molecule has 0 atom stereocenters. The van der Waals surface area contributed by atoms with Crippen molar-refractivity contribution in [3.63, 3.8) is 0 Å². The number of sulfonamides is 1. The molecule has 3 rings (SSSR count). The number of hydrogen-bond donors (Lipinski definition) is 2. The maximum atomic E-state index is 12.1. The van der Waals surface area contributed by atoms with Gasteiger partial charge in [0.05, 0.1) is 4.90 Å². The van der Waals surface area contributed by atoms with E-state index < -0.39 is 10.0 Å². The van der Waals surface area contributed by atoms with Gasteiger partial charge in [0.1, 0.15) is 0 Å². The summed E-state index contributed by atoms with van der Waals surface area (Å²) in [6.45, 7) is 2.75. The van der Waals surface area contributed by atoms with Crippen molar-refractivity contribution >= 4 is 15.7 Å². The molecular formula is C15H23N3O2S. The zero-order valence-electron chi connectivity index (χ0n) is 12.2. The molecule has 1 aromatic rings. The molecular weight excluding hydrogens is 286 g/mol. The minimum Gasteiger partial charge on any atom is -0.372 e. The number of benzene rings is 1. The molecule has 5 nitrogen and oxygen atoms in total. The van der Waals surface area contributed by atoms with Crippen LogP contribution in [-0.2, 0) is 10.0 Å². The Balaban J connectivity index is 1.66. The van der Waals surface area contributed by atoms with Gasteiger partial charge in [-0.1, -0.05) is 0 Å². The van der Waals surface area contributed by atoms with Crippen LogP contribution in [0.25, 0.3) is 0 Å². The van der Waals surface area contributed by atoms with E-state index in [-0.39, 0.29) is 6.04 Å². The van der Waals surface area contributed by atoms with E-state index in [9.17, 15) is 8.42 Å². The van der Waals surface area contributed by atoms with Gasteiger partial charge in [0.15, 0.2) is 0 Å². The van der Waals surface area contributed by atoms with Gasteiger partial charge in [-0.2, -0.15) is 0 Å². The third-order valence-corrected chi connectivity index (χ3v) is 5.90. The summed E-state index contributed by atoms with van der Waals surface area (Å²) >= 11 is 0. The summed E-state index contributed by atoms with van der Waals surface area (Å²) in [5.74, 6) is 0.628. The lowest BCUT2D eigenvalue weighted by Crippen LogP contribution is -2.36. The minimum absolute atomic E-state index is 0.143. The van der Waals surface area contributed by atoms with Crippen LogP contribution < -0.4 is 15.4 Å². The maximum absolute atomic E-state index is 12.1. The zero-order chi connectivity index (χ0) is 14.9. The Morgan fingerprint density at radius 1 is 1.10 bits per heavy atom. The second kappa shape index (κ2) is 5.94. The van der Waals surface area contributed by atoms with E-state index in [1.807, 2.05) is 12.1 Å². The quantitative estimate of drug-likeness (QED) is 0.860. The number of anilines is 1. The van der Waals surface area contributed by atoms with Crippen LogP contribution in [0.2, 0.25) is 0 Å². The molecule has 1 saturated heterocycles. The van der Waals surface area contributed by atoms with Crippen molar-refractivity contribution in [2.24, 2.45) is 11.7 Å². The van der Waals surface area contributed by atoms with E-state index in [1.54, 1.807) is 12.1 Å². The van der Waals surface area contributed by atoms with Gasteiger partial charge < -0.3 is 10.6 Å². The molecule has 1 saturated carbocycles. The van der Waals surface area contributed by atoms with E-state index in [0.29, 0.717) is 10.8 Å². The summed E-state index contributed by atoms with van der Waals surface area (Å²) in [6.07, 6.45) is 4.13. The van der Waals surface area contributed by atoms with Crippen LogP contribution in [-0.4, -0.2) is 34.1 Å². The highest BCUT2D eigenvalue weighted by molar-refractivity contribution is 7.89. The lowest BCUT2D eigenvalue weighted by molar-refractivity contribution is 0.414. The largest absolute Gasteiger partial charge is 0.372 e. The van der Waals surface area contributed by atoms with Crippen LogP contribution in [0.4, 0.5) is 5.69 Å². The van der Waals surface area contributed by atoms with Crippen LogP contribution in [0.5, 0.6) is 0 Å². The standard InChI is InChI=1S/C15H23N3O2S/c16-11-12-7-9-18(10-8-12)14-3-5-15(6-4-14)21(19,20)17-13-1-2-13/h3-6,12-13,17H,1-2,7-11,16H2. The van der Waals surface area contributed by atoms with Crippen molar-refractivity contribution in [2.45, 2.75) is 36.6 Å². The number of rotatable bonds is 5. The first kappa shape index (κ1) is 14.8. The topological polar surface area (TPSA) is 75.4 Å². The van der Waals surface area contributed by atoms with E-state index in [1.165, 1.54) is 0 Å². The second-order valence-corrected chi connectivity index (χ2v) is 7.77. The molecule has 0 spiro atoms. The highest BCUT2D eigenvalue weighted by Gasteiger charge is 2.28. The summed E-state index contributed by atoms with van der Waals surface area (Å²) in [5, 5.41) is 0. The summed E-state index contributed by atoms with van der Waals surface area (Å²) in [5.41, 5.74) is 6.80. The fraction of sp³-hybridized carbons (Fsp3) is 0.600. The van der Waals surface area contributed by atoms with Crippen LogP contribution in [0.3, 0.4) is 0 Å². The Hall–Kier alpha value is -1.11. The van der Waals surface area contributed by atoms with Crippen molar-refractivity contribution in [1.82, 2.24) is 4.72 Å². The molecule has 1 heterocycles. The third-order valence-electron chi connectivity index (χ3n) is 4.36. The van der Waals surface area contributed by atoms with Crippen molar-refractivity contribution < 1.29 is 8.42 Å². The highest BCUT2D eigenvalue weighted by atomic mass is 32.2. The molecule has 2 fully saturated rings. The molecule has 0 radical (unpaired) electrons. The Morgan fingerprint density at radius 3 is 2.24 bits per heavy atom. The minimum atomic E-state index is -3.34. The summed E-state index contributed by atoms with van der Waals surface area (Å²) in [4.78, 5) is 2.66. The van der Waals surface area contributed by atoms with Crippen LogP contribution >= 0.6 is 0 Å². The normalized spacial score (nSPS) is 20.7. The molecule has 21 heavy (non-hydrogen) atoms. The predicted octanol–water partition coefficient (Wildman–Crippen LogP) is 1.30. The van der Waals surface area contributed by atoms with Gasteiger partial charge in [-0.15, -0.1) is 0 Å². The molecule has 6 heteroatoms. The number of piperidine rings is 1. The van der Waals surface area contributed by atoms with Crippen LogP contribution in [0, 0.1) is 5.92 Å². The first-order valence-electron chi connectivity index (χ1n) is 7.66. The average Bonchev–Trinajstić information content (AvgIpc) is 3.31. The molecule has 0 amide bonds. The summed E-state index contributed by atoms with van der Waals surface area (Å²) in [7, 11) is -3.34. The molecule has 0 aromatic heterocycles. The van der Waals surface area contributed by atoms with Gasteiger partial charge in [0.2, 0.25) is 10.0 Å². The monoisotopic (exact) mass is 309 g/mol. The highest BCUT2D eigenvalue weighted by Crippen LogP contribution is 2.25. The van der Waals surface area contributed by atoms with Crippen molar-refractivity contribution in [3.05, 3.63) is 24.3 Å². The molecule has 1 aliphatic carbocycles. The molecule has 3 N–H and O–H groups in total. The Kier molecular flexibility index (Phi) is 4.19. The molecule has 0 bridgehead atoms. The van der Waals surface area contributed by atoms with E-state index in [2.05, 4.69) is 9.62 Å². The molecule has 116 valence electrons. The van der Waals surface area contributed by atoms with E-state index >= 15 is 0 Å². The smallest absolute Gasteiger partial charge is 0.240 e. The first-order chi connectivity index (χ1) is 10.1. The van der Waals surface area contributed by atoms with Gasteiger partial charge in [0, 0.05) is 24.8 Å². The second-order valence-electron chi connectivity index (χ2n) is 6.06. The first-order valence-corrected chi connectivity index (χ1v) is 9.14. The average molecular weight is 309 g/mol. The lowest BCUT2D eigenvalue weighted by Gasteiger charge is -2.33. The number of hydrogen-bond acceptors (Lipinski definition) is 4.